The Bertz CT molecular complexity index is 489. The fourth-order valence-corrected chi connectivity index (χ4v) is 2.36. The Morgan fingerprint density at radius 3 is 1.78 bits per heavy atom. The predicted molar refractivity (Wildman–Crippen MR) is 89.6 cm³/mol. The third-order valence-electron chi connectivity index (χ3n) is 3.34. The van der Waals surface area contributed by atoms with Gasteiger partial charge in [0, 0.05) is 38.7 Å². The molecule has 0 atom stereocenters. The van der Waals surface area contributed by atoms with Crippen molar-refractivity contribution in [1.82, 2.24) is 14.9 Å². The molecular formula is C18H25N3O2. The minimum Gasteiger partial charge on any atom is -0.352 e. The van der Waals surface area contributed by atoms with Gasteiger partial charge in [0.15, 0.2) is 6.29 Å². The second kappa shape index (κ2) is 10.0. The Hall–Kier alpha value is -1.82. The summed E-state index contributed by atoms with van der Waals surface area (Å²) in [6.45, 7) is 7.36. The van der Waals surface area contributed by atoms with Crippen molar-refractivity contribution in [1.29, 1.82) is 0 Å². The first-order valence-corrected chi connectivity index (χ1v) is 8.07. The molecule has 0 aliphatic rings. The number of rotatable bonds is 10. The van der Waals surface area contributed by atoms with Crippen LogP contribution in [0, 0.1) is 0 Å². The molecule has 2 heterocycles. The van der Waals surface area contributed by atoms with Crippen molar-refractivity contribution in [2.24, 2.45) is 0 Å². The average Bonchev–Trinajstić information content (AvgIpc) is 2.57. The summed E-state index contributed by atoms with van der Waals surface area (Å²) in [5.74, 6) is 0. The van der Waals surface area contributed by atoms with Crippen LogP contribution >= 0.6 is 0 Å². The van der Waals surface area contributed by atoms with Gasteiger partial charge in [0.05, 0.1) is 17.9 Å². The Labute approximate surface area is 138 Å². The molecule has 0 fully saturated rings. The minimum atomic E-state index is -0.238. The van der Waals surface area contributed by atoms with Crippen LogP contribution in [0.4, 0.5) is 0 Å². The average molecular weight is 315 g/mol. The van der Waals surface area contributed by atoms with Gasteiger partial charge in [-0.1, -0.05) is 12.1 Å². The summed E-state index contributed by atoms with van der Waals surface area (Å²) in [5, 5.41) is 0. The minimum absolute atomic E-state index is 0.238. The summed E-state index contributed by atoms with van der Waals surface area (Å²) in [7, 11) is 0. The third-order valence-corrected chi connectivity index (χ3v) is 3.34. The highest BCUT2D eigenvalue weighted by molar-refractivity contribution is 5.06. The summed E-state index contributed by atoms with van der Waals surface area (Å²) in [5.41, 5.74) is 2.05. The molecule has 23 heavy (non-hydrogen) atoms. The highest BCUT2D eigenvalue weighted by atomic mass is 16.7. The van der Waals surface area contributed by atoms with E-state index in [9.17, 15) is 0 Å². The Kier molecular flexibility index (Phi) is 7.66. The molecule has 0 spiro atoms. The van der Waals surface area contributed by atoms with E-state index in [1.54, 1.807) is 0 Å². The Balaban J connectivity index is 2.06. The maximum absolute atomic E-state index is 5.68. The molecule has 0 saturated heterocycles. The van der Waals surface area contributed by atoms with Crippen molar-refractivity contribution < 1.29 is 9.47 Å². The zero-order chi connectivity index (χ0) is 16.3. The standard InChI is InChI=1S/C18H25N3O2/c1-3-22-18(23-4-2)15-21(13-16-9-5-7-11-19-16)14-17-10-6-8-12-20-17/h5-12,18H,3-4,13-15H2,1-2H3. The fourth-order valence-electron chi connectivity index (χ4n) is 2.36. The number of aromatic nitrogens is 2. The van der Waals surface area contributed by atoms with Gasteiger partial charge in [-0.05, 0) is 38.1 Å². The fraction of sp³-hybridized carbons (Fsp3) is 0.444. The number of nitrogens with zero attached hydrogens (tertiary/aromatic N) is 3. The van der Waals surface area contributed by atoms with Crippen LogP contribution in [-0.4, -0.2) is 40.9 Å². The zero-order valence-corrected chi connectivity index (χ0v) is 13.9. The summed E-state index contributed by atoms with van der Waals surface area (Å²) >= 11 is 0. The molecule has 0 radical (unpaired) electrons. The number of hydrogen-bond acceptors (Lipinski definition) is 5. The van der Waals surface area contributed by atoms with Crippen molar-refractivity contribution in [3.05, 3.63) is 60.2 Å². The lowest BCUT2D eigenvalue weighted by Crippen LogP contribution is -2.35. The highest BCUT2D eigenvalue weighted by Gasteiger charge is 2.16. The molecule has 0 aliphatic heterocycles. The van der Waals surface area contributed by atoms with E-state index in [2.05, 4.69) is 14.9 Å². The first-order chi connectivity index (χ1) is 11.3. The van der Waals surface area contributed by atoms with E-state index in [1.807, 2.05) is 62.6 Å². The van der Waals surface area contributed by atoms with E-state index >= 15 is 0 Å². The maximum atomic E-state index is 5.68. The first kappa shape index (κ1) is 17.5. The monoisotopic (exact) mass is 315 g/mol. The van der Waals surface area contributed by atoms with Crippen LogP contribution in [-0.2, 0) is 22.6 Å². The molecule has 124 valence electrons. The molecule has 0 unspecified atom stereocenters. The van der Waals surface area contributed by atoms with E-state index in [1.165, 1.54) is 0 Å². The molecular weight excluding hydrogens is 290 g/mol. The summed E-state index contributed by atoms with van der Waals surface area (Å²) < 4.78 is 11.4. The molecule has 0 aliphatic carbocycles. The van der Waals surface area contributed by atoms with Crippen molar-refractivity contribution in [3.8, 4) is 0 Å². The van der Waals surface area contributed by atoms with E-state index in [-0.39, 0.29) is 6.29 Å². The van der Waals surface area contributed by atoms with Crippen LogP contribution in [0.1, 0.15) is 25.2 Å². The van der Waals surface area contributed by atoms with E-state index in [0.29, 0.717) is 19.8 Å². The van der Waals surface area contributed by atoms with E-state index in [4.69, 9.17) is 9.47 Å². The van der Waals surface area contributed by atoms with Crippen LogP contribution in [0.5, 0.6) is 0 Å². The van der Waals surface area contributed by atoms with Gasteiger partial charge in [-0.15, -0.1) is 0 Å². The molecule has 5 nitrogen and oxygen atoms in total. The number of hydrogen-bond donors (Lipinski definition) is 0. The van der Waals surface area contributed by atoms with Crippen molar-refractivity contribution in [3.63, 3.8) is 0 Å². The molecule has 0 saturated carbocycles. The van der Waals surface area contributed by atoms with Gasteiger partial charge in [0.2, 0.25) is 0 Å². The van der Waals surface area contributed by atoms with Gasteiger partial charge in [-0.3, -0.25) is 14.9 Å². The quantitative estimate of drug-likeness (QED) is 0.631. The smallest absolute Gasteiger partial charge is 0.170 e. The zero-order valence-electron chi connectivity index (χ0n) is 13.9. The molecule has 0 bridgehead atoms. The molecule has 2 aromatic rings. The second-order valence-corrected chi connectivity index (χ2v) is 5.15. The lowest BCUT2D eigenvalue weighted by Gasteiger charge is -2.26. The van der Waals surface area contributed by atoms with E-state index in [0.717, 1.165) is 24.5 Å². The lowest BCUT2D eigenvalue weighted by molar-refractivity contribution is -0.149. The van der Waals surface area contributed by atoms with Gasteiger partial charge in [-0.2, -0.15) is 0 Å². The van der Waals surface area contributed by atoms with Gasteiger partial charge < -0.3 is 9.47 Å². The SMILES string of the molecule is CCOC(CN(Cc1ccccn1)Cc1ccccn1)OCC. The molecule has 0 N–H and O–H groups in total. The van der Waals surface area contributed by atoms with Crippen molar-refractivity contribution in [2.75, 3.05) is 19.8 Å². The second-order valence-electron chi connectivity index (χ2n) is 5.15. The highest BCUT2D eigenvalue weighted by Crippen LogP contribution is 2.09. The normalized spacial score (nSPS) is 11.3. The van der Waals surface area contributed by atoms with Gasteiger partial charge in [0.25, 0.3) is 0 Å². The number of pyridine rings is 2. The maximum Gasteiger partial charge on any atom is 0.170 e. The topological polar surface area (TPSA) is 47.5 Å². The summed E-state index contributed by atoms with van der Waals surface area (Å²) in [6.07, 6.45) is 3.39. The third kappa shape index (κ3) is 6.44. The summed E-state index contributed by atoms with van der Waals surface area (Å²) in [4.78, 5) is 11.1. The Morgan fingerprint density at radius 2 is 1.39 bits per heavy atom. The summed E-state index contributed by atoms with van der Waals surface area (Å²) in [6, 6.07) is 11.9. The van der Waals surface area contributed by atoms with Crippen LogP contribution in [0.2, 0.25) is 0 Å². The molecule has 5 heteroatoms. The largest absolute Gasteiger partial charge is 0.352 e. The van der Waals surface area contributed by atoms with Gasteiger partial charge in [0.1, 0.15) is 0 Å². The lowest BCUT2D eigenvalue weighted by atomic mass is 10.3. The van der Waals surface area contributed by atoms with Crippen LogP contribution in [0.25, 0.3) is 0 Å². The van der Waals surface area contributed by atoms with E-state index < -0.39 is 0 Å². The molecule has 0 amide bonds. The van der Waals surface area contributed by atoms with Crippen LogP contribution in [0.15, 0.2) is 48.8 Å². The van der Waals surface area contributed by atoms with Crippen LogP contribution < -0.4 is 0 Å². The Morgan fingerprint density at radius 1 is 0.870 bits per heavy atom. The van der Waals surface area contributed by atoms with Crippen LogP contribution in [0.3, 0.4) is 0 Å². The molecule has 2 rings (SSSR count). The van der Waals surface area contributed by atoms with Crippen molar-refractivity contribution >= 4 is 0 Å². The molecule has 0 aromatic carbocycles. The van der Waals surface area contributed by atoms with Gasteiger partial charge >= 0.3 is 0 Å². The van der Waals surface area contributed by atoms with Crippen molar-refractivity contribution in [2.45, 2.75) is 33.2 Å². The van der Waals surface area contributed by atoms with Gasteiger partial charge in [-0.25, -0.2) is 0 Å². The molecule has 2 aromatic heterocycles. The number of ether oxygens (including phenoxy) is 2. The first-order valence-electron chi connectivity index (χ1n) is 8.07. The predicted octanol–water partition coefficient (Wildman–Crippen LogP) is 2.88.